The van der Waals surface area contributed by atoms with Crippen molar-refractivity contribution < 1.29 is 9.53 Å². The van der Waals surface area contributed by atoms with Crippen molar-refractivity contribution in [1.29, 1.82) is 0 Å². The van der Waals surface area contributed by atoms with Crippen LogP contribution in [-0.4, -0.2) is 60.6 Å². The predicted octanol–water partition coefficient (Wildman–Crippen LogP) is 2.59. The van der Waals surface area contributed by atoms with Crippen molar-refractivity contribution in [2.75, 3.05) is 40.3 Å². The van der Waals surface area contributed by atoms with E-state index < -0.39 is 0 Å². The first-order valence-electron chi connectivity index (χ1n) is 9.86. The molecule has 1 aromatic heterocycles. The number of benzene rings is 1. The van der Waals surface area contributed by atoms with Gasteiger partial charge in [0.1, 0.15) is 5.56 Å². The predicted molar refractivity (Wildman–Crippen MR) is 115 cm³/mol. The summed E-state index contributed by atoms with van der Waals surface area (Å²) in [6.07, 6.45) is 0.697. The number of pyridine rings is 1. The number of hydrogen-bond acceptors (Lipinski definition) is 4. The van der Waals surface area contributed by atoms with Crippen LogP contribution in [0.1, 0.15) is 27.3 Å². The molecular formula is C22H28ClN3O3. The van der Waals surface area contributed by atoms with E-state index in [1.165, 1.54) is 0 Å². The Morgan fingerprint density at radius 1 is 1.17 bits per heavy atom. The number of piperazine rings is 1. The number of halogens is 1. The van der Waals surface area contributed by atoms with E-state index in [1.54, 1.807) is 18.1 Å². The van der Waals surface area contributed by atoms with E-state index in [-0.39, 0.29) is 23.5 Å². The van der Waals surface area contributed by atoms with Crippen molar-refractivity contribution >= 4 is 17.5 Å². The highest BCUT2D eigenvalue weighted by atomic mass is 35.5. The average Bonchev–Trinajstić information content (AvgIpc) is 2.69. The van der Waals surface area contributed by atoms with Crippen molar-refractivity contribution in [3.8, 4) is 0 Å². The average molecular weight is 418 g/mol. The summed E-state index contributed by atoms with van der Waals surface area (Å²) in [5.74, 6) is -0.207. The Balaban J connectivity index is 1.96. The standard InChI is InChI=1S/C22H28ClN3O3/c1-16-14-20(27)21(22(28)25-12-10-24(2)11-13-25)19(15-29-3)26(16)9-8-17-6-4-5-7-18(17)23/h4-7,14H,8-13,15H2,1-3H3. The number of likely N-dealkylation sites (N-methyl/N-ethyl adjacent to an activating group) is 1. The van der Waals surface area contributed by atoms with Crippen LogP contribution in [0.2, 0.25) is 5.02 Å². The number of amides is 1. The van der Waals surface area contributed by atoms with Gasteiger partial charge in [0.15, 0.2) is 5.43 Å². The van der Waals surface area contributed by atoms with Gasteiger partial charge in [0.25, 0.3) is 5.91 Å². The first kappa shape index (κ1) is 21.6. The van der Waals surface area contributed by atoms with Gasteiger partial charge >= 0.3 is 0 Å². The maximum absolute atomic E-state index is 13.2. The first-order valence-corrected chi connectivity index (χ1v) is 10.2. The molecule has 0 saturated carbocycles. The second-order valence-electron chi connectivity index (χ2n) is 7.49. The molecule has 1 saturated heterocycles. The summed E-state index contributed by atoms with van der Waals surface area (Å²) in [4.78, 5) is 30.0. The van der Waals surface area contributed by atoms with Gasteiger partial charge in [0, 0.05) is 56.6 Å². The van der Waals surface area contributed by atoms with Crippen molar-refractivity contribution in [2.24, 2.45) is 0 Å². The van der Waals surface area contributed by atoms with Gasteiger partial charge in [-0.15, -0.1) is 0 Å². The van der Waals surface area contributed by atoms with E-state index >= 15 is 0 Å². The van der Waals surface area contributed by atoms with Crippen molar-refractivity contribution in [3.63, 3.8) is 0 Å². The van der Waals surface area contributed by atoms with Crippen molar-refractivity contribution in [2.45, 2.75) is 26.5 Å². The molecule has 3 rings (SSSR count). The maximum atomic E-state index is 13.2. The summed E-state index contributed by atoms with van der Waals surface area (Å²) in [5, 5.41) is 0.716. The molecule has 2 aromatic rings. The van der Waals surface area contributed by atoms with Gasteiger partial charge in [0.2, 0.25) is 0 Å². The highest BCUT2D eigenvalue weighted by Crippen LogP contribution is 2.19. The highest BCUT2D eigenvalue weighted by molar-refractivity contribution is 6.31. The number of nitrogens with zero attached hydrogens (tertiary/aromatic N) is 3. The molecule has 0 aliphatic carbocycles. The Kier molecular flexibility index (Phi) is 7.11. The topological polar surface area (TPSA) is 54.8 Å². The molecule has 1 fully saturated rings. The summed E-state index contributed by atoms with van der Waals surface area (Å²) in [5.41, 5.74) is 2.45. The molecule has 2 heterocycles. The number of aromatic nitrogens is 1. The Hall–Kier alpha value is -2.15. The molecule has 29 heavy (non-hydrogen) atoms. The molecule has 0 unspecified atom stereocenters. The summed E-state index contributed by atoms with van der Waals surface area (Å²) in [7, 11) is 3.61. The Labute approximate surface area is 176 Å². The molecular weight excluding hydrogens is 390 g/mol. The number of hydrogen-bond donors (Lipinski definition) is 0. The largest absolute Gasteiger partial charge is 0.378 e. The van der Waals surface area contributed by atoms with Gasteiger partial charge in [-0.2, -0.15) is 0 Å². The number of rotatable bonds is 6. The summed E-state index contributed by atoms with van der Waals surface area (Å²) in [6, 6.07) is 9.27. The van der Waals surface area contributed by atoms with Crippen LogP contribution >= 0.6 is 11.6 Å². The van der Waals surface area contributed by atoms with Crippen LogP contribution in [0.25, 0.3) is 0 Å². The maximum Gasteiger partial charge on any atom is 0.259 e. The molecule has 0 N–H and O–H groups in total. The van der Waals surface area contributed by atoms with E-state index in [2.05, 4.69) is 4.90 Å². The zero-order valence-electron chi connectivity index (χ0n) is 17.3. The Morgan fingerprint density at radius 3 is 2.52 bits per heavy atom. The Bertz CT molecular complexity index is 933. The fourth-order valence-electron chi connectivity index (χ4n) is 3.76. The molecule has 7 heteroatoms. The van der Waals surface area contributed by atoms with Crippen LogP contribution < -0.4 is 5.43 Å². The van der Waals surface area contributed by atoms with E-state index in [1.807, 2.05) is 42.8 Å². The third-order valence-corrected chi connectivity index (χ3v) is 5.84. The number of aryl methyl sites for hydroxylation is 2. The molecule has 0 spiro atoms. The third kappa shape index (κ3) is 4.89. The third-order valence-electron chi connectivity index (χ3n) is 5.47. The van der Waals surface area contributed by atoms with Crippen LogP contribution in [0.15, 0.2) is 35.1 Å². The summed E-state index contributed by atoms with van der Waals surface area (Å²) in [6.45, 7) is 5.54. The summed E-state index contributed by atoms with van der Waals surface area (Å²) < 4.78 is 7.40. The molecule has 1 amide bonds. The zero-order valence-corrected chi connectivity index (χ0v) is 18.0. The lowest BCUT2D eigenvalue weighted by atomic mass is 10.1. The minimum absolute atomic E-state index is 0.203. The monoisotopic (exact) mass is 417 g/mol. The normalized spacial score (nSPS) is 15.0. The number of methoxy groups -OCH3 is 1. The molecule has 0 bridgehead atoms. The van der Waals surface area contributed by atoms with E-state index in [0.717, 1.165) is 24.3 Å². The van der Waals surface area contributed by atoms with Crippen LogP contribution in [-0.2, 0) is 24.3 Å². The molecule has 0 radical (unpaired) electrons. The number of ether oxygens (including phenoxy) is 1. The van der Waals surface area contributed by atoms with Crippen LogP contribution in [0, 0.1) is 6.92 Å². The van der Waals surface area contributed by atoms with Crippen LogP contribution in [0.5, 0.6) is 0 Å². The van der Waals surface area contributed by atoms with Gasteiger partial charge in [-0.3, -0.25) is 9.59 Å². The lowest BCUT2D eigenvalue weighted by Gasteiger charge is -2.33. The van der Waals surface area contributed by atoms with Gasteiger partial charge in [-0.1, -0.05) is 29.8 Å². The van der Waals surface area contributed by atoms with Gasteiger partial charge in [-0.05, 0) is 32.0 Å². The van der Waals surface area contributed by atoms with Gasteiger partial charge in [0.05, 0.1) is 12.3 Å². The van der Waals surface area contributed by atoms with E-state index in [9.17, 15) is 9.59 Å². The molecule has 1 aromatic carbocycles. The SMILES string of the molecule is COCc1c(C(=O)N2CCN(C)CC2)c(=O)cc(C)n1CCc1ccccc1Cl. The molecule has 156 valence electrons. The number of carbonyl (C=O) groups is 1. The molecule has 1 aliphatic heterocycles. The van der Waals surface area contributed by atoms with Crippen LogP contribution in [0.3, 0.4) is 0 Å². The Morgan fingerprint density at radius 2 is 1.86 bits per heavy atom. The lowest BCUT2D eigenvalue weighted by Crippen LogP contribution is -2.48. The molecule has 0 atom stereocenters. The fourth-order valence-corrected chi connectivity index (χ4v) is 3.99. The quantitative estimate of drug-likeness (QED) is 0.725. The van der Waals surface area contributed by atoms with Crippen molar-refractivity contribution in [3.05, 3.63) is 68.1 Å². The summed E-state index contributed by atoms with van der Waals surface area (Å²) >= 11 is 6.30. The second-order valence-corrected chi connectivity index (χ2v) is 7.90. The van der Waals surface area contributed by atoms with E-state index in [4.69, 9.17) is 16.3 Å². The lowest BCUT2D eigenvalue weighted by molar-refractivity contribution is 0.0656. The molecule has 6 nitrogen and oxygen atoms in total. The smallest absolute Gasteiger partial charge is 0.259 e. The van der Waals surface area contributed by atoms with Gasteiger partial charge < -0.3 is 19.1 Å². The van der Waals surface area contributed by atoms with E-state index in [0.29, 0.717) is 36.8 Å². The van der Waals surface area contributed by atoms with Gasteiger partial charge in [-0.25, -0.2) is 0 Å². The molecule has 1 aliphatic rings. The second kappa shape index (κ2) is 9.57. The minimum Gasteiger partial charge on any atom is -0.378 e. The highest BCUT2D eigenvalue weighted by Gasteiger charge is 2.26. The number of carbonyl (C=O) groups excluding carboxylic acids is 1. The van der Waals surface area contributed by atoms with Crippen LogP contribution in [0.4, 0.5) is 0 Å². The van der Waals surface area contributed by atoms with Crippen molar-refractivity contribution in [1.82, 2.24) is 14.4 Å². The first-order chi connectivity index (χ1) is 13.9. The minimum atomic E-state index is -0.243. The fraction of sp³-hybridized carbons (Fsp3) is 0.455. The zero-order chi connectivity index (χ0) is 21.0.